The fraction of sp³-hybridized carbons (Fsp3) is 0.600. The molecule has 1 aromatic carbocycles. The molecule has 2 aliphatic rings. The highest BCUT2D eigenvalue weighted by Gasteiger charge is 2.23. The van der Waals surface area contributed by atoms with E-state index < -0.39 is 0 Å². The van der Waals surface area contributed by atoms with Gasteiger partial charge >= 0.3 is 0 Å². The second-order valence-electron chi connectivity index (χ2n) is 7.39. The van der Waals surface area contributed by atoms with Crippen molar-refractivity contribution in [1.82, 2.24) is 15.5 Å². The first-order valence-electron chi connectivity index (χ1n) is 9.45. The highest BCUT2D eigenvalue weighted by molar-refractivity contribution is 5.83. The molecular weight excluding hydrogens is 314 g/mol. The number of carbonyl (C=O) groups excluding carboxylic acids is 2. The second-order valence-corrected chi connectivity index (χ2v) is 7.39. The van der Waals surface area contributed by atoms with Crippen molar-refractivity contribution in [2.24, 2.45) is 0 Å². The summed E-state index contributed by atoms with van der Waals surface area (Å²) in [7, 11) is 2.10. The van der Waals surface area contributed by atoms with Gasteiger partial charge in [-0.05, 0) is 37.4 Å². The molecule has 1 heterocycles. The third-order valence-corrected chi connectivity index (χ3v) is 5.45. The first-order chi connectivity index (χ1) is 12.1. The molecule has 5 nitrogen and oxygen atoms in total. The number of likely N-dealkylation sites (N-methyl/N-ethyl adjacent to an activating group) is 1. The van der Waals surface area contributed by atoms with E-state index in [1.165, 1.54) is 24.0 Å². The third kappa shape index (κ3) is 5.05. The Bertz CT molecular complexity index is 611. The van der Waals surface area contributed by atoms with Crippen LogP contribution >= 0.6 is 0 Å². The average Bonchev–Trinajstić information content (AvgIpc) is 3.11. The number of fused-ring (bicyclic) bond motifs is 1. The number of nitrogens with zero attached hydrogens (tertiary/aromatic N) is 1. The van der Waals surface area contributed by atoms with Gasteiger partial charge in [-0.2, -0.15) is 0 Å². The summed E-state index contributed by atoms with van der Waals surface area (Å²) in [6, 6.07) is 9.13. The molecule has 1 fully saturated rings. The highest BCUT2D eigenvalue weighted by atomic mass is 16.2. The number of nitrogens with one attached hydrogen (secondary N) is 2. The Balaban J connectivity index is 1.38. The van der Waals surface area contributed by atoms with Crippen LogP contribution in [0, 0.1) is 0 Å². The molecular formula is C20H29N3O2. The van der Waals surface area contributed by atoms with Crippen molar-refractivity contribution >= 4 is 11.8 Å². The number of hydrogen-bond donors (Lipinski definition) is 2. The average molecular weight is 343 g/mol. The highest BCUT2D eigenvalue weighted by Crippen LogP contribution is 2.21. The molecule has 5 heteroatoms. The zero-order chi connectivity index (χ0) is 17.6. The van der Waals surface area contributed by atoms with Gasteiger partial charge in [-0.1, -0.05) is 37.1 Å². The first-order valence-corrected chi connectivity index (χ1v) is 9.45. The van der Waals surface area contributed by atoms with Gasteiger partial charge in [0.2, 0.25) is 11.8 Å². The van der Waals surface area contributed by atoms with E-state index in [0.29, 0.717) is 18.6 Å². The molecule has 0 spiro atoms. The van der Waals surface area contributed by atoms with Gasteiger partial charge < -0.3 is 10.6 Å². The maximum absolute atomic E-state index is 12.1. The van der Waals surface area contributed by atoms with Crippen molar-refractivity contribution in [3.8, 4) is 0 Å². The topological polar surface area (TPSA) is 61.4 Å². The molecule has 1 aliphatic heterocycles. The van der Waals surface area contributed by atoms with E-state index in [1.54, 1.807) is 0 Å². The molecule has 136 valence electrons. The third-order valence-electron chi connectivity index (χ3n) is 5.45. The largest absolute Gasteiger partial charge is 0.355 e. The van der Waals surface area contributed by atoms with Crippen molar-refractivity contribution in [3.05, 3.63) is 35.4 Å². The van der Waals surface area contributed by atoms with Gasteiger partial charge in [0, 0.05) is 38.0 Å². The minimum absolute atomic E-state index is 0.00534. The molecule has 1 atom stereocenters. The lowest BCUT2D eigenvalue weighted by Gasteiger charge is -2.34. The van der Waals surface area contributed by atoms with Crippen LogP contribution in [-0.2, 0) is 22.6 Å². The van der Waals surface area contributed by atoms with E-state index in [1.807, 2.05) is 0 Å². The van der Waals surface area contributed by atoms with Crippen LogP contribution in [0.1, 0.15) is 49.7 Å². The molecule has 0 saturated heterocycles. The number of carbonyl (C=O) groups is 2. The summed E-state index contributed by atoms with van der Waals surface area (Å²) in [6.45, 7) is 1.55. The Morgan fingerprint density at radius 3 is 2.52 bits per heavy atom. The molecule has 3 rings (SSSR count). The van der Waals surface area contributed by atoms with E-state index in [4.69, 9.17) is 0 Å². The van der Waals surface area contributed by atoms with E-state index in [0.717, 1.165) is 25.8 Å². The van der Waals surface area contributed by atoms with Gasteiger partial charge in [-0.15, -0.1) is 0 Å². The maximum atomic E-state index is 12.1. The SMILES string of the molecule is CN1Cc2ccccc2C[C@H]1CNC(=O)CCC(=O)NC1CCCC1. The van der Waals surface area contributed by atoms with Crippen LogP contribution in [0.2, 0.25) is 0 Å². The summed E-state index contributed by atoms with van der Waals surface area (Å²) >= 11 is 0. The number of amides is 2. The van der Waals surface area contributed by atoms with Crippen molar-refractivity contribution in [1.29, 1.82) is 0 Å². The van der Waals surface area contributed by atoms with Crippen LogP contribution in [0.15, 0.2) is 24.3 Å². The molecule has 0 bridgehead atoms. The van der Waals surface area contributed by atoms with Crippen LogP contribution in [-0.4, -0.2) is 42.4 Å². The van der Waals surface area contributed by atoms with Crippen molar-refractivity contribution in [3.63, 3.8) is 0 Å². The summed E-state index contributed by atoms with van der Waals surface area (Å²) in [6.07, 6.45) is 6.06. The zero-order valence-electron chi connectivity index (χ0n) is 15.1. The molecule has 2 amide bonds. The van der Waals surface area contributed by atoms with E-state index in [2.05, 4.69) is 46.8 Å². The van der Waals surface area contributed by atoms with Crippen LogP contribution in [0.25, 0.3) is 0 Å². The van der Waals surface area contributed by atoms with E-state index >= 15 is 0 Å². The predicted molar refractivity (Wildman–Crippen MR) is 98.0 cm³/mol. The molecule has 1 saturated carbocycles. The fourth-order valence-electron chi connectivity index (χ4n) is 3.86. The number of rotatable bonds is 6. The molecule has 1 aliphatic carbocycles. The Labute approximate surface area is 150 Å². The van der Waals surface area contributed by atoms with Gasteiger partial charge in [0.15, 0.2) is 0 Å². The fourth-order valence-corrected chi connectivity index (χ4v) is 3.86. The Hall–Kier alpha value is -1.88. The summed E-state index contributed by atoms with van der Waals surface area (Å²) in [5.74, 6) is -0.0282. The Kier molecular flexibility index (Phi) is 6.08. The zero-order valence-corrected chi connectivity index (χ0v) is 15.1. The van der Waals surface area contributed by atoms with Gasteiger partial charge in [-0.25, -0.2) is 0 Å². The lowest BCUT2D eigenvalue weighted by Crippen LogP contribution is -2.45. The van der Waals surface area contributed by atoms with Gasteiger partial charge in [0.25, 0.3) is 0 Å². The first kappa shape index (κ1) is 17.9. The standard InChI is InChI=1S/C20H29N3O2/c1-23-14-16-7-3-2-6-15(16)12-18(23)13-21-19(24)10-11-20(25)22-17-8-4-5-9-17/h2-3,6-7,17-18H,4-5,8-14H2,1H3,(H,21,24)(H,22,25)/t18-/m0/s1. The van der Waals surface area contributed by atoms with Crippen molar-refractivity contribution in [2.45, 2.75) is 63.6 Å². The van der Waals surface area contributed by atoms with E-state index in [-0.39, 0.29) is 24.7 Å². The molecule has 1 aromatic rings. The number of benzene rings is 1. The normalized spacial score (nSPS) is 20.9. The van der Waals surface area contributed by atoms with E-state index in [9.17, 15) is 9.59 Å². The molecule has 0 radical (unpaired) electrons. The maximum Gasteiger partial charge on any atom is 0.220 e. The second kappa shape index (κ2) is 8.48. The van der Waals surface area contributed by atoms with Crippen LogP contribution in [0.5, 0.6) is 0 Å². The molecule has 25 heavy (non-hydrogen) atoms. The number of hydrogen-bond acceptors (Lipinski definition) is 3. The molecule has 2 N–H and O–H groups in total. The molecule has 0 aromatic heterocycles. The lowest BCUT2D eigenvalue weighted by atomic mass is 9.94. The summed E-state index contributed by atoms with van der Waals surface area (Å²) in [5.41, 5.74) is 2.74. The van der Waals surface area contributed by atoms with Crippen LogP contribution in [0.4, 0.5) is 0 Å². The van der Waals surface area contributed by atoms with Gasteiger partial charge in [-0.3, -0.25) is 14.5 Å². The predicted octanol–water partition coefficient (Wildman–Crippen LogP) is 2.00. The smallest absolute Gasteiger partial charge is 0.220 e. The minimum atomic E-state index is -0.0335. The van der Waals surface area contributed by atoms with Crippen LogP contribution in [0.3, 0.4) is 0 Å². The summed E-state index contributed by atoms with van der Waals surface area (Å²) < 4.78 is 0. The quantitative estimate of drug-likeness (QED) is 0.830. The minimum Gasteiger partial charge on any atom is -0.355 e. The summed E-state index contributed by atoms with van der Waals surface area (Å²) in [4.78, 5) is 26.3. The monoisotopic (exact) mass is 343 g/mol. The molecule has 0 unspecified atom stereocenters. The Morgan fingerprint density at radius 1 is 1.08 bits per heavy atom. The summed E-state index contributed by atoms with van der Waals surface area (Å²) in [5, 5.41) is 6.03. The van der Waals surface area contributed by atoms with Crippen molar-refractivity contribution in [2.75, 3.05) is 13.6 Å². The Morgan fingerprint density at radius 2 is 1.76 bits per heavy atom. The van der Waals surface area contributed by atoms with Crippen LogP contribution < -0.4 is 10.6 Å². The van der Waals surface area contributed by atoms with Gasteiger partial charge in [0.1, 0.15) is 0 Å². The van der Waals surface area contributed by atoms with Gasteiger partial charge in [0.05, 0.1) is 0 Å². The van der Waals surface area contributed by atoms with Crippen molar-refractivity contribution < 1.29 is 9.59 Å². The lowest BCUT2D eigenvalue weighted by molar-refractivity contribution is -0.126.